The second kappa shape index (κ2) is 3.15. The van der Waals surface area contributed by atoms with Gasteiger partial charge < -0.3 is 10.5 Å². The number of aldehydes is 1. The van der Waals surface area contributed by atoms with Gasteiger partial charge in [0.15, 0.2) is 17.2 Å². The summed E-state index contributed by atoms with van der Waals surface area (Å²) in [6.45, 7) is 0. The third-order valence-electron chi connectivity index (χ3n) is 0.964. The summed E-state index contributed by atoms with van der Waals surface area (Å²) in [6, 6.07) is -1.12. The molecule has 1 rings (SSSR count). The fourth-order valence-corrected chi connectivity index (χ4v) is 0.970. The third-order valence-corrected chi connectivity index (χ3v) is 1.52. The second-order valence-corrected chi connectivity index (χ2v) is 2.46. The quantitative estimate of drug-likeness (QED) is 0.516. The number of anilines is 1. The molecule has 0 aliphatic heterocycles. The number of nitrogen functional groups attached to an aromatic ring is 1. The summed E-state index contributed by atoms with van der Waals surface area (Å²) in [5.41, 5.74) is 5.21. The first kappa shape index (κ1) is 7.73. The summed E-state index contributed by atoms with van der Waals surface area (Å²) in [5.74, 6) is 0.0671. The zero-order valence-corrected chi connectivity index (χ0v) is 6.11. The normalized spacial score (nSPS) is 12.4. The van der Waals surface area contributed by atoms with Crippen LogP contribution in [0, 0.1) is 4.91 Å². The number of nitrogens with two attached hydrogens (primary N) is 1. The average Bonchev–Trinajstić information content (AvgIpc) is 2.39. The highest BCUT2D eigenvalue weighted by atomic mass is 32.1. The molecule has 11 heavy (non-hydrogen) atoms. The van der Waals surface area contributed by atoms with E-state index in [4.69, 9.17) is 5.73 Å². The molecule has 0 amide bonds. The molecule has 7 heteroatoms. The van der Waals surface area contributed by atoms with Crippen molar-refractivity contribution in [3.8, 4) is 0 Å². The largest absolute Gasteiger partial charge is 0.374 e. The molecule has 0 saturated heterocycles. The lowest BCUT2D eigenvalue weighted by Crippen LogP contribution is -1.98. The Kier molecular flexibility index (Phi) is 2.21. The van der Waals surface area contributed by atoms with Gasteiger partial charge in [-0.1, -0.05) is 5.18 Å². The Balaban J connectivity index is 2.89. The molecule has 0 spiro atoms. The minimum absolute atomic E-state index is 0.0671. The summed E-state index contributed by atoms with van der Waals surface area (Å²) in [4.78, 5) is 23.7. The van der Waals surface area contributed by atoms with Crippen molar-refractivity contribution < 1.29 is 4.79 Å². The molecule has 58 valence electrons. The first-order chi connectivity index (χ1) is 5.27. The van der Waals surface area contributed by atoms with E-state index in [1.165, 1.54) is 0 Å². The van der Waals surface area contributed by atoms with Gasteiger partial charge in [-0.25, -0.2) is 4.98 Å². The number of nitrogens with zero attached hydrogens (tertiary/aromatic N) is 3. The molecule has 0 saturated carbocycles. The van der Waals surface area contributed by atoms with Crippen LogP contribution in [0.1, 0.15) is 11.9 Å². The van der Waals surface area contributed by atoms with Gasteiger partial charge in [-0.2, -0.15) is 4.37 Å². The van der Waals surface area contributed by atoms with Crippen LogP contribution in [0.3, 0.4) is 0 Å². The number of aromatic nitrogens is 2. The number of hydrogen-bond acceptors (Lipinski definition) is 7. The van der Waals surface area contributed by atoms with Crippen molar-refractivity contribution in [2.45, 2.75) is 6.04 Å². The van der Waals surface area contributed by atoms with E-state index in [2.05, 4.69) is 14.5 Å². The standard InChI is InChI=1S/C4H4N4O2S/c5-4-6-3(8-11-4)2(1-9)7-10/h1-2H,(H2,5,6,8). The molecule has 1 heterocycles. The van der Waals surface area contributed by atoms with Crippen molar-refractivity contribution in [2.75, 3.05) is 5.73 Å². The van der Waals surface area contributed by atoms with Gasteiger partial charge in [0, 0.05) is 11.5 Å². The highest BCUT2D eigenvalue weighted by Gasteiger charge is 2.15. The van der Waals surface area contributed by atoms with Crippen LogP contribution in [0.5, 0.6) is 0 Å². The van der Waals surface area contributed by atoms with Crippen LogP contribution in [0.15, 0.2) is 5.18 Å². The van der Waals surface area contributed by atoms with Crippen molar-refractivity contribution in [2.24, 2.45) is 5.18 Å². The van der Waals surface area contributed by atoms with E-state index in [1.807, 2.05) is 0 Å². The molecule has 0 aliphatic carbocycles. The number of hydrogen-bond donors (Lipinski definition) is 1. The monoisotopic (exact) mass is 172 g/mol. The van der Waals surface area contributed by atoms with Gasteiger partial charge >= 0.3 is 0 Å². The zero-order chi connectivity index (χ0) is 8.27. The molecule has 0 aromatic carbocycles. The SMILES string of the molecule is Nc1nc(C(C=O)N=O)ns1. The van der Waals surface area contributed by atoms with Crippen LogP contribution in [0.2, 0.25) is 0 Å². The second-order valence-electron chi connectivity index (χ2n) is 1.68. The molecule has 1 unspecified atom stereocenters. The number of rotatable bonds is 3. The van der Waals surface area contributed by atoms with Gasteiger partial charge in [0.05, 0.1) is 0 Å². The van der Waals surface area contributed by atoms with Crippen LogP contribution < -0.4 is 5.73 Å². The minimum atomic E-state index is -1.12. The summed E-state index contributed by atoms with van der Waals surface area (Å²) in [7, 11) is 0. The van der Waals surface area contributed by atoms with E-state index in [0.717, 1.165) is 11.5 Å². The first-order valence-corrected chi connectivity index (χ1v) is 3.42. The molecular weight excluding hydrogens is 168 g/mol. The minimum Gasteiger partial charge on any atom is -0.374 e. The zero-order valence-electron chi connectivity index (χ0n) is 5.30. The Labute approximate surface area is 65.6 Å². The lowest BCUT2D eigenvalue weighted by Gasteiger charge is -1.89. The molecule has 1 aromatic rings. The van der Waals surface area contributed by atoms with Crippen LogP contribution in [0.25, 0.3) is 0 Å². The third kappa shape index (κ3) is 1.55. The maximum atomic E-state index is 10.1. The highest BCUT2D eigenvalue weighted by molar-refractivity contribution is 7.09. The Morgan fingerprint density at radius 2 is 2.45 bits per heavy atom. The van der Waals surface area contributed by atoms with Crippen molar-refractivity contribution in [1.29, 1.82) is 0 Å². The summed E-state index contributed by atoms with van der Waals surface area (Å²) >= 11 is 0.922. The molecule has 2 N–H and O–H groups in total. The van der Waals surface area contributed by atoms with Crippen LogP contribution in [-0.2, 0) is 4.79 Å². The molecule has 0 fully saturated rings. The van der Waals surface area contributed by atoms with Gasteiger partial charge in [0.2, 0.25) is 6.04 Å². The van der Waals surface area contributed by atoms with E-state index in [-0.39, 0.29) is 11.0 Å². The molecular formula is C4H4N4O2S. The van der Waals surface area contributed by atoms with Gasteiger partial charge in [-0.05, 0) is 0 Å². The summed E-state index contributed by atoms with van der Waals surface area (Å²) in [6.07, 6.45) is 0.370. The molecule has 0 radical (unpaired) electrons. The number of carbonyl (C=O) groups excluding carboxylic acids is 1. The maximum Gasteiger partial charge on any atom is 0.207 e. The average molecular weight is 172 g/mol. The van der Waals surface area contributed by atoms with Crippen molar-refractivity contribution in [3.05, 3.63) is 10.7 Å². The van der Waals surface area contributed by atoms with Gasteiger partial charge in [0.1, 0.15) is 0 Å². The predicted octanol–water partition coefficient (Wildman–Crippen LogP) is 0.127. The van der Waals surface area contributed by atoms with Crippen molar-refractivity contribution >= 4 is 23.0 Å². The smallest absolute Gasteiger partial charge is 0.207 e. The fraction of sp³-hybridized carbons (Fsp3) is 0.250. The molecule has 6 nitrogen and oxygen atoms in total. The fourth-order valence-electron chi connectivity index (χ4n) is 0.500. The van der Waals surface area contributed by atoms with E-state index in [0.29, 0.717) is 6.29 Å². The van der Waals surface area contributed by atoms with Crippen molar-refractivity contribution in [3.63, 3.8) is 0 Å². The Morgan fingerprint density at radius 1 is 1.73 bits per heavy atom. The molecule has 0 bridgehead atoms. The Morgan fingerprint density at radius 3 is 2.82 bits per heavy atom. The van der Waals surface area contributed by atoms with E-state index in [9.17, 15) is 9.70 Å². The van der Waals surface area contributed by atoms with Gasteiger partial charge in [0.25, 0.3) is 0 Å². The molecule has 1 atom stereocenters. The summed E-state index contributed by atoms with van der Waals surface area (Å²) < 4.78 is 3.64. The lowest BCUT2D eigenvalue weighted by molar-refractivity contribution is -0.109. The van der Waals surface area contributed by atoms with Crippen LogP contribution >= 0.6 is 11.5 Å². The first-order valence-electron chi connectivity index (χ1n) is 2.64. The Hall–Kier alpha value is -1.37. The van der Waals surface area contributed by atoms with Crippen LogP contribution in [-0.4, -0.2) is 15.6 Å². The van der Waals surface area contributed by atoms with Crippen LogP contribution in [0.4, 0.5) is 5.13 Å². The van der Waals surface area contributed by atoms with Crippen molar-refractivity contribution in [1.82, 2.24) is 9.36 Å². The lowest BCUT2D eigenvalue weighted by atomic mass is 10.3. The molecule has 1 aromatic heterocycles. The molecule has 0 aliphatic rings. The van der Waals surface area contributed by atoms with E-state index < -0.39 is 6.04 Å². The van der Waals surface area contributed by atoms with E-state index >= 15 is 0 Å². The Bertz CT molecular complexity index is 265. The maximum absolute atomic E-state index is 10.1. The van der Waals surface area contributed by atoms with E-state index in [1.54, 1.807) is 0 Å². The highest BCUT2D eigenvalue weighted by Crippen LogP contribution is 2.14. The van der Waals surface area contributed by atoms with Gasteiger partial charge in [-0.15, -0.1) is 4.91 Å². The van der Waals surface area contributed by atoms with Gasteiger partial charge in [-0.3, -0.25) is 0 Å². The predicted molar refractivity (Wildman–Crippen MR) is 38.9 cm³/mol. The number of nitroso groups, excluding NO2 is 1. The topological polar surface area (TPSA) is 98.3 Å². The summed E-state index contributed by atoms with van der Waals surface area (Å²) in [5, 5.41) is 2.72. The number of carbonyl (C=O) groups is 1.